The van der Waals surface area contributed by atoms with E-state index in [4.69, 9.17) is 9.47 Å². The summed E-state index contributed by atoms with van der Waals surface area (Å²) in [7, 11) is 3.09. The summed E-state index contributed by atoms with van der Waals surface area (Å²) in [6, 6.07) is 7.89. The molecule has 2 rings (SSSR count). The topological polar surface area (TPSA) is 47.6 Å². The summed E-state index contributed by atoms with van der Waals surface area (Å²) in [5, 5.41) is 3.19. The van der Waals surface area contributed by atoms with Gasteiger partial charge in [0, 0.05) is 0 Å². The number of carbonyl (C=O) groups is 1. The number of hydrogen-bond donors (Lipinski definition) is 1. The van der Waals surface area contributed by atoms with E-state index >= 15 is 0 Å². The molecule has 1 aromatic rings. The fraction of sp³-hybridized carbons (Fsp3) is 0.500. The van der Waals surface area contributed by atoms with Crippen LogP contribution in [0.15, 0.2) is 24.3 Å². The van der Waals surface area contributed by atoms with Crippen molar-refractivity contribution < 1.29 is 14.3 Å². The quantitative estimate of drug-likeness (QED) is 0.828. The van der Waals surface area contributed by atoms with Crippen LogP contribution in [0, 0.1) is 0 Å². The minimum absolute atomic E-state index is 0.173. The maximum absolute atomic E-state index is 11.5. The second kappa shape index (κ2) is 5.87. The predicted octanol–water partition coefficient (Wildman–Crippen LogP) is 1.70. The van der Waals surface area contributed by atoms with E-state index in [1.165, 1.54) is 12.7 Å². The first-order chi connectivity index (χ1) is 8.74. The lowest BCUT2D eigenvalue weighted by Gasteiger charge is -2.29. The minimum Gasteiger partial charge on any atom is -0.497 e. The number of esters is 1. The van der Waals surface area contributed by atoms with E-state index < -0.39 is 0 Å². The summed E-state index contributed by atoms with van der Waals surface area (Å²) in [6.45, 7) is 0.844. The van der Waals surface area contributed by atoms with Crippen LogP contribution in [0.3, 0.4) is 0 Å². The zero-order valence-electron chi connectivity index (χ0n) is 10.8. The lowest BCUT2D eigenvalue weighted by atomic mass is 9.86. The number of piperidine rings is 1. The Bertz CT molecular complexity index is 402. The summed E-state index contributed by atoms with van der Waals surface area (Å²) < 4.78 is 9.94. The van der Waals surface area contributed by atoms with Crippen LogP contribution in [0.4, 0.5) is 0 Å². The summed E-state index contributed by atoms with van der Waals surface area (Å²) >= 11 is 0. The van der Waals surface area contributed by atoms with Gasteiger partial charge in [0.2, 0.25) is 0 Å². The maximum Gasteiger partial charge on any atom is 0.322 e. The molecule has 98 valence electrons. The number of hydrogen-bond acceptors (Lipinski definition) is 4. The zero-order chi connectivity index (χ0) is 13.0. The molecule has 2 unspecified atom stereocenters. The van der Waals surface area contributed by atoms with Gasteiger partial charge in [0.05, 0.1) is 14.2 Å². The van der Waals surface area contributed by atoms with Crippen molar-refractivity contribution in [2.45, 2.75) is 24.8 Å². The highest BCUT2D eigenvalue weighted by Crippen LogP contribution is 2.29. The van der Waals surface area contributed by atoms with Gasteiger partial charge in [-0.3, -0.25) is 4.79 Å². The van der Waals surface area contributed by atoms with Gasteiger partial charge in [0.25, 0.3) is 0 Å². The summed E-state index contributed by atoms with van der Waals surface area (Å²) in [6.07, 6.45) is 1.83. The molecule has 0 amide bonds. The molecule has 1 aliphatic heterocycles. The average Bonchev–Trinajstić information content (AvgIpc) is 2.46. The summed E-state index contributed by atoms with van der Waals surface area (Å²) in [4.78, 5) is 11.5. The minimum atomic E-state index is -0.184. The van der Waals surface area contributed by atoms with Crippen LogP contribution < -0.4 is 10.1 Å². The van der Waals surface area contributed by atoms with E-state index in [1.54, 1.807) is 7.11 Å². The molecule has 0 spiro atoms. The molecule has 4 nitrogen and oxygen atoms in total. The molecule has 1 fully saturated rings. The Kier molecular flexibility index (Phi) is 4.20. The third-order valence-corrected chi connectivity index (χ3v) is 3.48. The van der Waals surface area contributed by atoms with Crippen LogP contribution in [0.2, 0.25) is 0 Å². The average molecular weight is 249 g/mol. The highest BCUT2D eigenvalue weighted by Gasteiger charge is 2.28. The molecule has 1 N–H and O–H groups in total. The zero-order valence-corrected chi connectivity index (χ0v) is 10.8. The molecule has 18 heavy (non-hydrogen) atoms. The van der Waals surface area contributed by atoms with E-state index in [0.717, 1.165) is 25.1 Å². The van der Waals surface area contributed by atoms with Gasteiger partial charge in [-0.25, -0.2) is 0 Å². The van der Waals surface area contributed by atoms with Crippen molar-refractivity contribution in [1.82, 2.24) is 5.32 Å². The Labute approximate surface area is 107 Å². The first kappa shape index (κ1) is 12.9. The largest absolute Gasteiger partial charge is 0.497 e. The van der Waals surface area contributed by atoms with Gasteiger partial charge < -0.3 is 14.8 Å². The number of rotatable bonds is 3. The maximum atomic E-state index is 11.5. The van der Waals surface area contributed by atoms with E-state index in [0.29, 0.717) is 5.92 Å². The van der Waals surface area contributed by atoms with Crippen molar-refractivity contribution in [2.75, 3.05) is 20.8 Å². The molecule has 1 heterocycles. The molecule has 0 aromatic heterocycles. The normalized spacial score (nSPS) is 23.4. The van der Waals surface area contributed by atoms with Crippen molar-refractivity contribution in [1.29, 1.82) is 0 Å². The van der Waals surface area contributed by atoms with Crippen molar-refractivity contribution in [2.24, 2.45) is 0 Å². The molecule has 2 atom stereocenters. The van der Waals surface area contributed by atoms with Crippen LogP contribution in [0.1, 0.15) is 24.3 Å². The monoisotopic (exact) mass is 249 g/mol. The predicted molar refractivity (Wildman–Crippen MR) is 68.8 cm³/mol. The highest BCUT2D eigenvalue weighted by atomic mass is 16.5. The summed E-state index contributed by atoms with van der Waals surface area (Å²) in [5.74, 6) is 1.09. The van der Waals surface area contributed by atoms with Gasteiger partial charge in [-0.15, -0.1) is 0 Å². The molecule has 4 heteroatoms. The van der Waals surface area contributed by atoms with Gasteiger partial charge in [0.15, 0.2) is 0 Å². The Morgan fingerprint density at radius 3 is 2.61 bits per heavy atom. The van der Waals surface area contributed by atoms with E-state index in [-0.39, 0.29) is 12.0 Å². The van der Waals surface area contributed by atoms with Crippen LogP contribution in [-0.4, -0.2) is 32.8 Å². The molecular weight excluding hydrogens is 230 g/mol. The van der Waals surface area contributed by atoms with E-state index in [9.17, 15) is 4.79 Å². The van der Waals surface area contributed by atoms with E-state index in [1.807, 2.05) is 12.1 Å². The Morgan fingerprint density at radius 1 is 1.28 bits per heavy atom. The standard InChI is InChI=1S/C14H19NO3/c1-17-12-5-3-10(4-6-12)11-7-8-15-13(9-11)14(16)18-2/h3-6,11,13,15H,7-9H2,1-2H3. The molecule has 1 aliphatic rings. The lowest BCUT2D eigenvalue weighted by molar-refractivity contribution is -0.143. The van der Waals surface area contributed by atoms with Crippen LogP contribution in [0.25, 0.3) is 0 Å². The van der Waals surface area contributed by atoms with Crippen molar-refractivity contribution >= 4 is 5.97 Å². The molecule has 0 bridgehead atoms. The third kappa shape index (κ3) is 2.82. The number of methoxy groups -OCH3 is 2. The fourth-order valence-corrected chi connectivity index (χ4v) is 2.42. The van der Waals surface area contributed by atoms with Crippen molar-refractivity contribution in [3.8, 4) is 5.75 Å². The third-order valence-electron chi connectivity index (χ3n) is 3.48. The smallest absolute Gasteiger partial charge is 0.322 e. The second-order valence-electron chi connectivity index (χ2n) is 4.52. The van der Waals surface area contributed by atoms with Gasteiger partial charge in [-0.1, -0.05) is 12.1 Å². The summed E-state index contributed by atoms with van der Waals surface area (Å²) in [5.41, 5.74) is 1.26. The van der Waals surface area contributed by atoms with Gasteiger partial charge in [0.1, 0.15) is 11.8 Å². The molecule has 0 aliphatic carbocycles. The van der Waals surface area contributed by atoms with Gasteiger partial charge in [-0.05, 0) is 43.0 Å². The number of benzene rings is 1. The van der Waals surface area contributed by atoms with Crippen LogP contribution in [-0.2, 0) is 9.53 Å². The van der Waals surface area contributed by atoms with E-state index in [2.05, 4.69) is 17.4 Å². The molecule has 1 aromatic carbocycles. The SMILES string of the molecule is COC(=O)C1CC(c2ccc(OC)cc2)CCN1. The van der Waals surface area contributed by atoms with Gasteiger partial charge >= 0.3 is 5.97 Å². The highest BCUT2D eigenvalue weighted by molar-refractivity contribution is 5.75. The van der Waals surface area contributed by atoms with Crippen molar-refractivity contribution in [3.63, 3.8) is 0 Å². The fourth-order valence-electron chi connectivity index (χ4n) is 2.42. The first-order valence-electron chi connectivity index (χ1n) is 6.19. The molecule has 0 radical (unpaired) electrons. The number of ether oxygens (including phenoxy) is 2. The van der Waals surface area contributed by atoms with Crippen LogP contribution >= 0.6 is 0 Å². The Morgan fingerprint density at radius 2 is 2.00 bits per heavy atom. The number of carbonyl (C=O) groups excluding carboxylic acids is 1. The van der Waals surface area contributed by atoms with Gasteiger partial charge in [-0.2, -0.15) is 0 Å². The van der Waals surface area contributed by atoms with Crippen molar-refractivity contribution in [3.05, 3.63) is 29.8 Å². The molecular formula is C14H19NO3. The first-order valence-corrected chi connectivity index (χ1v) is 6.19. The Balaban J connectivity index is 2.05. The Hall–Kier alpha value is -1.55. The van der Waals surface area contributed by atoms with Crippen LogP contribution in [0.5, 0.6) is 5.75 Å². The molecule has 1 saturated heterocycles. The second-order valence-corrected chi connectivity index (χ2v) is 4.52. The lowest BCUT2D eigenvalue weighted by Crippen LogP contribution is -2.43. The number of nitrogens with one attached hydrogen (secondary N) is 1. The molecule has 0 saturated carbocycles.